The summed E-state index contributed by atoms with van der Waals surface area (Å²) in [7, 11) is 1.91. The zero-order valence-corrected chi connectivity index (χ0v) is 35.6. The normalized spacial score (nSPS) is 17.7. The van der Waals surface area contributed by atoms with Crippen LogP contribution in [0.2, 0.25) is 0 Å². The highest BCUT2D eigenvalue weighted by molar-refractivity contribution is 7.09. The van der Waals surface area contributed by atoms with Crippen molar-refractivity contribution in [3.63, 3.8) is 0 Å². The zero-order chi connectivity index (χ0) is 42.2. The van der Waals surface area contributed by atoms with E-state index in [0.717, 1.165) is 36.3 Å². The van der Waals surface area contributed by atoms with Crippen LogP contribution in [0.25, 0.3) is 0 Å². The van der Waals surface area contributed by atoms with Crippen LogP contribution >= 0.6 is 11.3 Å². The van der Waals surface area contributed by atoms with Crippen LogP contribution in [-0.4, -0.2) is 100 Å². The first-order chi connectivity index (χ1) is 27.1. The van der Waals surface area contributed by atoms with Crippen LogP contribution in [0.3, 0.4) is 0 Å². The number of hydrogen-bond acceptors (Lipinski definition) is 11. The molecular formula is C42H63N5O9S. The van der Waals surface area contributed by atoms with Gasteiger partial charge in [-0.3, -0.25) is 33.7 Å². The summed E-state index contributed by atoms with van der Waals surface area (Å²) < 4.78 is 11.5. The minimum absolute atomic E-state index is 0.0577. The second-order valence-corrected chi connectivity index (χ2v) is 16.5. The average Bonchev–Trinajstić information content (AvgIpc) is 3.67. The number of aliphatic carboxylic acids is 1. The van der Waals surface area contributed by atoms with Crippen LogP contribution in [0.5, 0.6) is 0 Å². The summed E-state index contributed by atoms with van der Waals surface area (Å²) in [5.41, 5.74) is 1.01. The summed E-state index contributed by atoms with van der Waals surface area (Å²) in [5.74, 6) is -4.39. The molecule has 0 spiro atoms. The van der Waals surface area contributed by atoms with Gasteiger partial charge >= 0.3 is 17.9 Å². The molecule has 1 aromatic heterocycles. The molecule has 3 N–H and O–H groups in total. The highest BCUT2D eigenvalue weighted by atomic mass is 32.1. The fraction of sp³-hybridized carbons (Fsp3) is 0.643. The number of aromatic nitrogens is 1. The van der Waals surface area contributed by atoms with Gasteiger partial charge in [-0.25, -0.2) is 4.98 Å². The molecule has 57 heavy (non-hydrogen) atoms. The smallest absolute Gasteiger partial charge is 0.307 e. The number of carbonyl (C=O) groups is 6. The number of carbonyl (C=O) groups excluding carboxylic acids is 5. The van der Waals surface area contributed by atoms with Crippen molar-refractivity contribution in [3.05, 3.63) is 52.0 Å². The number of hydrogen-bond donors (Lipinski definition) is 3. The lowest BCUT2D eigenvalue weighted by molar-refractivity contribution is -0.160. The topological polar surface area (TPSA) is 185 Å². The minimum Gasteiger partial charge on any atom is -0.481 e. The van der Waals surface area contributed by atoms with E-state index in [4.69, 9.17) is 9.47 Å². The van der Waals surface area contributed by atoms with E-state index in [2.05, 4.69) is 15.6 Å². The first kappa shape index (κ1) is 47.0. The molecule has 1 fully saturated rings. The maximum Gasteiger partial charge on any atom is 0.307 e. The summed E-state index contributed by atoms with van der Waals surface area (Å²) >= 11 is 1.12. The lowest BCUT2D eigenvalue weighted by atomic mass is 9.92. The second-order valence-electron chi connectivity index (χ2n) is 15.6. The first-order valence-corrected chi connectivity index (χ1v) is 21.1. The Morgan fingerprint density at radius 2 is 1.72 bits per heavy atom. The van der Waals surface area contributed by atoms with Crippen LogP contribution in [-0.2, 0) is 39.9 Å². The summed E-state index contributed by atoms with van der Waals surface area (Å²) in [6.45, 7) is 12.8. The molecule has 1 aliphatic rings. The van der Waals surface area contributed by atoms with Crippen molar-refractivity contribution >= 4 is 47.0 Å². The van der Waals surface area contributed by atoms with Crippen molar-refractivity contribution in [2.24, 2.45) is 17.8 Å². The summed E-state index contributed by atoms with van der Waals surface area (Å²) in [5, 5.41) is 17.5. The van der Waals surface area contributed by atoms with Gasteiger partial charge in [0.1, 0.15) is 16.7 Å². The van der Waals surface area contributed by atoms with Crippen molar-refractivity contribution in [3.8, 4) is 0 Å². The third kappa shape index (κ3) is 14.5. The van der Waals surface area contributed by atoms with Gasteiger partial charge in [-0.05, 0) is 63.1 Å². The molecule has 1 aliphatic heterocycles. The number of ether oxygens (including phenoxy) is 2. The highest BCUT2D eigenvalue weighted by Gasteiger charge is 2.39. The summed E-state index contributed by atoms with van der Waals surface area (Å²) in [4.78, 5) is 87.0. The molecule has 316 valence electrons. The molecule has 14 nitrogen and oxygen atoms in total. The van der Waals surface area contributed by atoms with Crippen molar-refractivity contribution in [2.75, 3.05) is 20.3 Å². The number of rotatable bonds is 22. The maximum absolute atomic E-state index is 14.7. The lowest BCUT2D eigenvalue weighted by Crippen LogP contribution is -2.59. The van der Waals surface area contributed by atoms with Crippen molar-refractivity contribution in [1.29, 1.82) is 0 Å². The van der Waals surface area contributed by atoms with E-state index in [-0.39, 0.29) is 55.5 Å². The van der Waals surface area contributed by atoms with Gasteiger partial charge in [0.05, 0.1) is 12.0 Å². The number of carboxylic acid groups (broad SMARTS) is 1. The van der Waals surface area contributed by atoms with Crippen LogP contribution < -0.4 is 10.6 Å². The minimum atomic E-state index is -0.984. The SMILES string of the molecule is CCCC(=O)OCN(C(=O)C(NC(=O)C1CCCCN1C)C(C)CC)C(CC(OC(C)=O)c1nc(C(=O)NC(Cc2ccccc2)CC(C)C(=O)O)cs1)C(C)C. The largest absolute Gasteiger partial charge is 0.481 e. The van der Waals surface area contributed by atoms with Gasteiger partial charge < -0.3 is 30.1 Å². The molecule has 15 heteroatoms. The molecule has 0 aliphatic carbocycles. The van der Waals surface area contributed by atoms with Gasteiger partial charge in [0.15, 0.2) is 12.8 Å². The van der Waals surface area contributed by atoms with E-state index >= 15 is 0 Å². The number of carboxylic acids is 1. The molecule has 7 atom stereocenters. The molecule has 3 rings (SSSR count). The lowest BCUT2D eigenvalue weighted by Gasteiger charge is -2.39. The quantitative estimate of drug-likeness (QED) is 0.0971. The number of likely N-dealkylation sites (tertiary alicyclic amines) is 1. The number of piperidine rings is 1. The zero-order valence-electron chi connectivity index (χ0n) is 34.8. The fourth-order valence-corrected chi connectivity index (χ4v) is 7.89. The van der Waals surface area contributed by atoms with Gasteiger partial charge in [-0.1, -0.05) is 84.7 Å². The molecule has 7 unspecified atom stereocenters. The Morgan fingerprint density at radius 3 is 2.32 bits per heavy atom. The fourth-order valence-electron chi connectivity index (χ4n) is 7.06. The van der Waals surface area contributed by atoms with Crippen LogP contribution in [0.15, 0.2) is 35.7 Å². The maximum atomic E-state index is 14.7. The number of esters is 2. The number of nitrogens with one attached hydrogen (secondary N) is 2. The summed E-state index contributed by atoms with van der Waals surface area (Å²) in [6, 6.07) is 7.01. The van der Waals surface area contributed by atoms with E-state index in [1.54, 1.807) is 12.3 Å². The molecule has 3 amide bonds. The Morgan fingerprint density at radius 1 is 1.02 bits per heavy atom. The standard InChI is InChI=1S/C42H63N5O9S/c1-9-16-36(49)55-25-47(41(52)37(27(5)10-2)45-39(51)33-19-14-15-20-46(33)8)34(26(3)4)23-35(56-29(7)48)40-44-32(24-57-40)38(50)43-31(21-28(6)42(53)54)22-30-17-12-11-13-18-30/h11-13,17-18,24,26-28,31,33-35,37H,9-10,14-16,19-23,25H2,1-8H3,(H,43,50)(H,45,51)(H,53,54). The molecule has 2 heterocycles. The number of likely N-dealkylation sites (N-methyl/N-ethyl adjacent to an activating group) is 1. The Kier molecular flexibility index (Phi) is 19.1. The molecule has 2 aromatic rings. The Hall–Kier alpha value is -4.37. The van der Waals surface area contributed by atoms with Gasteiger partial charge in [-0.15, -0.1) is 11.3 Å². The monoisotopic (exact) mass is 813 g/mol. The predicted molar refractivity (Wildman–Crippen MR) is 217 cm³/mol. The molecule has 0 radical (unpaired) electrons. The van der Waals surface area contributed by atoms with Gasteiger partial charge in [0.25, 0.3) is 5.91 Å². The van der Waals surface area contributed by atoms with Gasteiger partial charge in [0, 0.05) is 37.2 Å². The Balaban J connectivity index is 1.95. The van der Waals surface area contributed by atoms with Crippen LogP contribution in [0.1, 0.15) is 127 Å². The molecule has 0 bridgehead atoms. The van der Waals surface area contributed by atoms with Crippen LogP contribution in [0.4, 0.5) is 0 Å². The third-order valence-corrected chi connectivity index (χ3v) is 11.6. The van der Waals surface area contributed by atoms with E-state index in [9.17, 15) is 33.9 Å². The van der Waals surface area contributed by atoms with Gasteiger partial charge in [0.2, 0.25) is 11.8 Å². The number of amides is 3. The number of thiazole rings is 1. The second kappa shape index (κ2) is 23.1. The van der Waals surface area contributed by atoms with E-state index in [1.807, 2.05) is 76.9 Å². The van der Waals surface area contributed by atoms with E-state index in [0.29, 0.717) is 30.7 Å². The van der Waals surface area contributed by atoms with E-state index in [1.165, 1.54) is 11.8 Å². The molecule has 1 saturated heterocycles. The van der Waals surface area contributed by atoms with Gasteiger partial charge in [-0.2, -0.15) is 0 Å². The van der Waals surface area contributed by atoms with Crippen LogP contribution in [0, 0.1) is 17.8 Å². The third-order valence-electron chi connectivity index (χ3n) is 10.6. The number of nitrogens with zero attached hydrogens (tertiary/aromatic N) is 3. The molecule has 1 aromatic carbocycles. The highest BCUT2D eigenvalue weighted by Crippen LogP contribution is 2.32. The van der Waals surface area contributed by atoms with Crippen molar-refractivity contribution in [1.82, 2.24) is 25.4 Å². The first-order valence-electron chi connectivity index (χ1n) is 20.2. The van der Waals surface area contributed by atoms with E-state index < -0.39 is 59.9 Å². The summed E-state index contributed by atoms with van der Waals surface area (Å²) in [6.07, 6.45) is 3.59. The van der Waals surface area contributed by atoms with Crippen molar-refractivity contribution < 1.29 is 43.3 Å². The average molecular weight is 814 g/mol. The molecule has 0 saturated carbocycles. The predicted octanol–water partition coefficient (Wildman–Crippen LogP) is 5.76. The number of benzene rings is 1. The van der Waals surface area contributed by atoms with Crippen molar-refractivity contribution in [2.45, 2.75) is 137 Å². The Labute approximate surface area is 341 Å². The molecular weight excluding hydrogens is 751 g/mol. The Bertz CT molecular complexity index is 1640.